The van der Waals surface area contributed by atoms with Crippen LogP contribution in [0.25, 0.3) is 0 Å². The zero-order valence-corrected chi connectivity index (χ0v) is 11.3. The SMILES string of the molecule is CCC(N)CS(=O)(=O)c1ccc(OC)c(C)c1. The standard InChI is InChI=1S/C12H19NO3S/c1-4-10(13)8-17(14,15)11-5-6-12(16-3)9(2)7-11/h5-7,10H,4,8,13H2,1-3H3. The van der Waals surface area contributed by atoms with Gasteiger partial charge in [-0.2, -0.15) is 0 Å². The summed E-state index contributed by atoms with van der Waals surface area (Å²) < 4.78 is 29.2. The van der Waals surface area contributed by atoms with E-state index in [-0.39, 0.29) is 11.8 Å². The van der Waals surface area contributed by atoms with E-state index < -0.39 is 9.84 Å². The van der Waals surface area contributed by atoms with Crippen LogP contribution in [0.2, 0.25) is 0 Å². The highest BCUT2D eigenvalue weighted by atomic mass is 32.2. The quantitative estimate of drug-likeness (QED) is 0.868. The van der Waals surface area contributed by atoms with E-state index in [1.165, 1.54) is 0 Å². The van der Waals surface area contributed by atoms with Crippen molar-refractivity contribution < 1.29 is 13.2 Å². The Morgan fingerprint density at radius 2 is 2.06 bits per heavy atom. The van der Waals surface area contributed by atoms with Crippen LogP contribution >= 0.6 is 0 Å². The first-order chi connectivity index (χ1) is 7.90. The van der Waals surface area contributed by atoms with Crippen LogP contribution in [-0.2, 0) is 9.84 Å². The fourth-order valence-corrected chi connectivity index (χ4v) is 3.16. The molecule has 0 saturated carbocycles. The van der Waals surface area contributed by atoms with Crippen LogP contribution in [0.1, 0.15) is 18.9 Å². The number of hydrogen-bond donors (Lipinski definition) is 1. The highest BCUT2D eigenvalue weighted by molar-refractivity contribution is 7.91. The number of ether oxygens (including phenoxy) is 1. The second-order valence-electron chi connectivity index (χ2n) is 4.08. The summed E-state index contributed by atoms with van der Waals surface area (Å²) in [6.07, 6.45) is 0.647. The van der Waals surface area contributed by atoms with Gasteiger partial charge >= 0.3 is 0 Å². The average Bonchev–Trinajstić information content (AvgIpc) is 2.28. The molecule has 1 unspecified atom stereocenters. The summed E-state index contributed by atoms with van der Waals surface area (Å²) in [7, 11) is -1.74. The second kappa shape index (κ2) is 5.51. The normalized spacial score (nSPS) is 13.4. The average molecular weight is 257 g/mol. The third-order valence-corrected chi connectivity index (χ3v) is 4.52. The fourth-order valence-electron chi connectivity index (χ4n) is 1.54. The Morgan fingerprint density at radius 3 is 2.53 bits per heavy atom. The summed E-state index contributed by atoms with van der Waals surface area (Å²) in [6, 6.07) is 4.53. The Hall–Kier alpha value is -1.07. The van der Waals surface area contributed by atoms with E-state index in [4.69, 9.17) is 10.5 Å². The third kappa shape index (κ3) is 3.44. The highest BCUT2D eigenvalue weighted by Gasteiger charge is 2.18. The Kier molecular flexibility index (Phi) is 4.54. The maximum Gasteiger partial charge on any atom is 0.179 e. The zero-order chi connectivity index (χ0) is 13.1. The first-order valence-corrected chi connectivity index (χ1v) is 7.19. The van der Waals surface area contributed by atoms with Gasteiger partial charge in [-0.15, -0.1) is 0 Å². The molecule has 0 fully saturated rings. The molecule has 0 heterocycles. The van der Waals surface area contributed by atoms with Crippen LogP contribution in [0.4, 0.5) is 0 Å². The van der Waals surface area contributed by atoms with Gasteiger partial charge < -0.3 is 10.5 Å². The van der Waals surface area contributed by atoms with Crippen LogP contribution in [0.5, 0.6) is 5.75 Å². The molecule has 0 bridgehead atoms. The Morgan fingerprint density at radius 1 is 1.41 bits per heavy atom. The molecule has 17 heavy (non-hydrogen) atoms. The predicted molar refractivity (Wildman–Crippen MR) is 68.1 cm³/mol. The van der Waals surface area contributed by atoms with Crippen molar-refractivity contribution in [3.8, 4) is 5.75 Å². The molecule has 96 valence electrons. The lowest BCUT2D eigenvalue weighted by Gasteiger charge is -2.11. The molecule has 1 atom stereocenters. The minimum absolute atomic E-state index is 0.0186. The molecule has 1 aromatic carbocycles. The first kappa shape index (κ1) is 14.0. The van der Waals surface area contributed by atoms with Crippen molar-refractivity contribution in [1.29, 1.82) is 0 Å². The summed E-state index contributed by atoms with van der Waals surface area (Å²) in [5.74, 6) is 0.665. The van der Waals surface area contributed by atoms with Crippen molar-refractivity contribution >= 4 is 9.84 Å². The van der Waals surface area contributed by atoms with Crippen molar-refractivity contribution in [2.75, 3.05) is 12.9 Å². The van der Waals surface area contributed by atoms with Crippen LogP contribution < -0.4 is 10.5 Å². The lowest BCUT2D eigenvalue weighted by Crippen LogP contribution is -2.28. The van der Waals surface area contributed by atoms with E-state index in [0.29, 0.717) is 17.1 Å². The van der Waals surface area contributed by atoms with E-state index in [2.05, 4.69) is 0 Å². The van der Waals surface area contributed by atoms with Crippen molar-refractivity contribution in [2.45, 2.75) is 31.2 Å². The number of methoxy groups -OCH3 is 1. The molecule has 0 aromatic heterocycles. The zero-order valence-electron chi connectivity index (χ0n) is 10.4. The Labute approximate surface area is 103 Å². The summed E-state index contributed by atoms with van der Waals surface area (Å²) in [5.41, 5.74) is 6.49. The van der Waals surface area contributed by atoms with Gasteiger partial charge in [-0.05, 0) is 37.1 Å². The van der Waals surface area contributed by atoms with Crippen molar-refractivity contribution in [1.82, 2.24) is 0 Å². The minimum Gasteiger partial charge on any atom is -0.496 e. The number of aryl methyl sites for hydroxylation is 1. The van der Waals surface area contributed by atoms with Crippen LogP contribution in [0.15, 0.2) is 23.1 Å². The van der Waals surface area contributed by atoms with Crippen LogP contribution in [-0.4, -0.2) is 27.3 Å². The van der Waals surface area contributed by atoms with Gasteiger partial charge in [0.05, 0.1) is 17.8 Å². The second-order valence-corrected chi connectivity index (χ2v) is 6.12. The molecule has 0 aliphatic carbocycles. The molecule has 0 amide bonds. The molecular weight excluding hydrogens is 238 g/mol. The highest BCUT2D eigenvalue weighted by Crippen LogP contribution is 2.22. The van der Waals surface area contributed by atoms with E-state index in [0.717, 1.165) is 5.56 Å². The third-order valence-electron chi connectivity index (χ3n) is 2.68. The molecule has 4 nitrogen and oxygen atoms in total. The van der Waals surface area contributed by atoms with Gasteiger partial charge in [0.15, 0.2) is 9.84 Å². The maximum atomic E-state index is 12.0. The van der Waals surface area contributed by atoms with Crippen molar-refractivity contribution in [3.05, 3.63) is 23.8 Å². The van der Waals surface area contributed by atoms with Gasteiger partial charge in [0, 0.05) is 6.04 Å². The monoisotopic (exact) mass is 257 g/mol. The largest absolute Gasteiger partial charge is 0.496 e. The molecule has 1 aromatic rings. The van der Waals surface area contributed by atoms with E-state index in [1.54, 1.807) is 25.3 Å². The van der Waals surface area contributed by atoms with E-state index >= 15 is 0 Å². The molecule has 0 spiro atoms. The van der Waals surface area contributed by atoms with Gasteiger partial charge in [0.25, 0.3) is 0 Å². The van der Waals surface area contributed by atoms with Gasteiger partial charge in [-0.1, -0.05) is 6.92 Å². The smallest absolute Gasteiger partial charge is 0.179 e. The van der Waals surface area contributed by atoms with E-state index in [9.17, 15) is 8.42 Å². The molecular formula is C12H19NO3S. The predicted octanol–water partition coefficient (Wildman–Crippen LogP) is 1.51. The topological polar surface area (TPSA) is 69.4 Å². The van der Waals surface area contributed by atoms with Crippen LogP contribution in [0, 0.1) is 6.92 Å². The molecule has 2 N–H and O–H groups in total. The summed E-state index contributed by atoms with van der Waals surface area (Å²) in [4.78, 5) is 0.305. The van der Waals surface area contributed by atoms with Gasteiger partial charge in [-0.3, -0.25) is 0 Å². The van der Waals surface area contributed by atoms with E-state index in [1.807, 2.05) is 13.8 Å². The number of benzene rings is 1. The van der Waals surface area contributed by atoms with Crippen LogP contribution in [0.3, 0.4) is 0 Å². The molecule has 0 aliphatic rings. The number of hydrogen-bond acceptors (Lipinski definition) is 4. The van der Waals surface area contributed by atoms with Gasteiger partial charge in [0.1, 0.15) is 5.75 Å². The maximum absolute atomic E-state index is 12.0. The summed E-state index contributed by atoms with van der Waals surface area (Å²) in [5, 5.41) is 0. The molecule has 0 radical (unpaired) electrons. The molecule has 1 rings (SSSR count). The Bertz CT molecular complexity index is 483. The number of nitrogens with two attached hydrogens (primary N) is 1. The van der Waals surface area contributed by atoms with Crippen molar-refractivity contribution in [3.63, 3.8) is 0 Å². The summed E-state index contributed by atoms with van der Waals surface area (Å²) in [6.45, 7) is 3.69. The fraction of sp³-hybridized carbons (Fsp3) is 0.500. The van der Waals surface area contributed by atoms with Gasteiger partial charge in [-0.25, -0.2) is 8.42 Å². The lowest BCUT2D eigenvalue weighted by molar-refractivity contribution is 0.411. The van der Waals surface area contributed by atoms with Crippen molar-refractivity contribution in [2.24, 2.45) is 5.73 Å². The Balaban J connectivity index is 3.04. The minimum atomic E-state index is -3.30. The number of rotatable bonds is 5. The summed E-state index contributed by atoms with van der Waals surface area (Å²) >= 11 is 0. The molecule has 0 saturated heterocycles. The van der Waals surface area contributed by atoms with Gasteiger partial charge in [0.2, 0.25) is 0 Å². The number of sulfone groups is 1. The molecule has 0 aliphatic heterocycles. The lowest BCUT2D eigenvalue weighted by atomic mass is 10.2. The first-order valence-electron chi connectivity index (χ1n) is 5.53. The molecule has 5 heteroatoms.